The Hall–Kier alpha value is -16.2. The van der Waals surface area contributed by atoms with Crippen molar-refractivity contribution in [2.75, 3.05) is 0 Å². The molecule has 18 aromatic carbocycles. The van der Waals surface area contributed by atoms with Crippen LogP contribution >= 0.6 is 68.0 Å². The third-order valence-electron chi connectivity index (χ3n) is 26.9. The minimum atomic E-state index is 0.667. The summed E-state index contributed by atoms with van der Waals surface area (Å²) in [5, 5.41) is 24.7. The molecule has 0 aliphatic carbocycles. The van der Waals surface area contributed by atoms with Crippen LogP contribution in [0.3, 0.4) is 0 Å². The van der Waals surface area contributed by atoms with E-state index in [1.165, 1.54) is 171 Å². The van der Waals surface area contributed by atoms with Crippen LogP contribution in [-0.2, 0) is 0 Å². The molecule has 0 radical (unpaired) electrons. The first-order valence-corrected chi connectivity index (χ1v) is 49.9. The number of fused-ring (bicyclic) bond motifs is 39. The Morgan fingerprint density at radius 3 is 0.674 bits per heavy atom. The van der Waals surface area contributed by atoms with Crippen LogP contribution in [0, 0.1) is 0 Å². The van der Waals surface area contributed by atoms with Crippen molar-refractivity contribution in [3.63, 3.8) is 0 Å². The summed E-state index contributed by atoms with van der Waals surface area (Å²) < 4.78 is 22.4. The maximum absolute atomic E-state index is 5.61. The molecule has 0 aliphatic heterocycles. The van der Waals surface area contributed by atoms with Crippen molar-refractivity contribution in [3.05, 3.63) is 401 Å². The van der Waals surface area contributed by atoms with Gasteiger partial charge in [0.1, 0.15) is 5.69 Å². The van der Waals surface area contributed by atoms with Crippen molar-refractivity contribution in [3.8, 4) is 62.9 Å². The van der Waals surface area contributed by atoms with Crippen LogP contribution in [0.15, 0.2) is 401 Å². The monoisotopic (exact) mass is 1830 g/mol. The highest BCUT2D eigenvalue weighted by molar-refractivity contribution is 7.35. The van der Waals surface area contributed by atoms with Crippen LogP contribution < -0.4 is 0 Å². The Labute approximate surface area is 792 Å². The van der Waals surface area contributed by atoms with E-state index in [-0.39, 0.29) is 0 Å². The molecule has 0 N–H and O–H groups in total. The van der Waals surface area contributed by atoms with Gasteiger partial charge in [0.2, 0.25) is 17.8 Å². The number of rotatable bonds is 7. The average Bonchev–Trinajstić information content (AvgIpc) is 1.52. The second kappa shape index (κ2) is 30.2. The third-order valence-corrected chi connectivity index (χ3v) is 34.3. The van der Waals surface area contributed by atoms with E-state index in [0.717, 1.165) is 93.5 Å². The summed E-state index contributed by atoms with van der Waals surface area (Å²) in [5.74, 6) is 2.07. The average molecular weight is 1830 g/mol. The molecule has 0 saturated carbocycles. The van der Waals surface area contributed by atoms with Gasteiger partial charge >= 0.3 is 0 Å². The number of benzene rings is 18. The van der Waals surface area contributed by atoms with E-state index in [2.05, 4.69) is 396 Å². The Balaban J connectivity index is 0.0000000987. The van der Waals surface area contributed by atoms with E-state index in [1.54, 1.807) is 0 Å². The molecule has 13 aromatic heterocycles. The number of pyridine rings is 1. The molecular weight excluding hydrogens is 1760 g/mol. The van der Waals surface area contributed by atoms with E-state index in [0.29, 0.717) is 17.8 Å². The van der Waals surface area contributed by atoms with Gasteiger partial charge in [-0.2, -0.15) is 0 Å². The van der Waals surface area contributed by atoms with Crippen LogP contribution in [0.5, 0.6) is 0 Å². The van der Waals surface area contributed by atoms with E-state index < -0.39 is 0 Å². The zero-order chi connectivity index (χ0) is 88.2. The molecule has 31 rings (SSSR count). The largest absolute Gasteiger partial charge is 0.275 e. The molecule has 135 heavy (non-hydrogen) atoms. The molecule has 0 aliphatic rings. The zero-order valence-electron chi connectivity index (χ0n) is 71.5. The van der Waals surface area contributed by atoms with Crippen LogP contribution in [-0.4, -0.2) is 48.6 Å². The maximum Gasteiger partial charge on any atom is 0.235 e. The van der Waals surface area contributed by atoms with Crippen molar-refractivity contribution in [2.45, 2.75) is 0 Å². The van der Waals surface area contributed by atoms with Gasteiger partial charge in [-0.15, -0.1) is 68.0 Å². The predicted octanol–water partition coefficient (Wildman–Crippen LogP) is 34.5. The Bertz CT molecular complexity index is 9790. The number of hydrogen-bond donors (Lipinski definition) is 0. The highest BCUT2D eigenvalue weighted by atomic mass is 32.1. The van der Waals surface area contributed by atoms with Gasteiger partial charge in [-0.1, -0.05) is 346 Å². The summed E-state index contributed by atoms with van der Waals surface area (Å²) in [7, 11) is 0. The molecule has 0 saturated heterocycles. The van der Waals surface area contributed by atoms with Crippen LogP contribution in [0.2, 0.25) is 0 Å². The van der Waals surface area contributed by atoms with E-state index in [4.69, 9.17) is 34.9 Å². The standard InChI is InChI=1S/C44H25N3S2.C38H21N3S2.C37H20N4S2/c1-2-12-26(13-3-1)27-22-24-28(25-23-27)38-37-31-16-6-4-14-29(31)30-15-5-7-17-32(30)39(37)46-44(45-38)47-40-33-18-8-10-20-35(33)48-42(40)43-41(47)34-19-9-11-21-36(34)49-43;1-2-12-22(13-3-1)32-31-25-16-6-4-14-23(25)24-15-5-7-17-26(24)33(31)40-38(39-32)41-34-27-18-8-10-20-29(27)42-36(34)37-35(41)28-19-9-11-21-30(28)43-37;1-3-13-23-21(11-1)22-12-2-4-14-24(22)31-30(23)32(27-17-9-10-20-38-27)40-37(39-31)41-33-25-15-5-7-18-28(25)42-35(33)36-34(41)26-16-6-8-19-29(26)43-36/h1-25H;1-21H;1-20H. The van der Waals surface area contributed by atoms with Crippen LogP contribution in [0.25, 0.3) is 282 Å². The van der Waals surface area contributed by atoms with Crippen LogP contribution in [0.4, 0.5) is 0 Å². The summed E-state index contributed by atoms with van der Waals surface area (Å²) in [6, 6.07) is 140. The smallest absolute Gasteiger partial charge is 0.235 e. The lowest BCUT2D eigenvalue weighted by Crippen LogP contribution is -2.04. The molecule has 0 atom stereocenters. The molecule has 0 spiro atoms. The Morgan fingerprint density at radius 2 is 0.378 bits per heavy atom. The van der Waals surface area contributed by atoms with Crippen molar-refractivity contribution in [1.29, 1.82) is 0 Å². The first-order valence-electron chi connectivity index (χ1n) is 45.0. The lowest BCUT2D eigenvalue weighted by molar-refractivity contribution is 1.02. The van der Waals surface area contributed by atoms with Crippen molar-refractivity contribution < 1.29 is 0 Å². The van der Waals surface area contributed by atoms with Gasteiger partial charge < -0.3 is 0 Å². The number of nitrogens with zero attached hydrogens (tertiary/aromatic N) is 10. The first kappa shape index (κ1) is 76.5. The van der Waals surface area contributed by atoms with Crippen LogP contribution in [0.1, 0.15) is 0 Å². The Kier molecular flexibility index (Phi) is 17.1. The highest BCUT2D eigenvalue weighted by Gasteiger charge is 2.31. The van der Waals surface area contributed by atoms with Gasteiger partial charge in [-0.3, -0.25) is 18.7 Å². The molecule has 0 fully saturated rings. The molecule has 0 amide bonds. The third kappa shape index (κ3) is 11.6. The number of thiophene rings is 6. The zero-order valence-corrected chi connectivity index (χ0v) is 76.4. The molecule has 0 unspecified atom stereocenters. The fourth-order valence-electron chi connectivity index (χ4n) is 21.1. The minimum absolute atomic E-state index is 0.667. The van der Waals surface area contributed by atoms with E-state index >= 15 is 0 Å². The van der Waals surface area contributed by atoms with Crippen molar-refractivity contribution >= 4 is 287 Å². The Morgan fingerprint density at radius 1 is 0.163 bits per heavy atom. The number of aromatic nitrogens is 10. The van der Waals surface area contributed by atoms with Gasteiger partial charge in [0.15, 0.2) is 0 Å². The highest BCUT2D eigenvalue weighted by Crippen LogP contribution is 2.54. The van der Waals surface area contributed by atoms with Crippen molar-refractivity contribution in [2.24, 2.45) is 0 Å². The van der Waals surface area contributed by atoms with E-state index in [9.17, 15) is 0 Å². The number of hydrogen-bond acceptors (Lipinski definition) is 13. The summed E-state index contributed by atoms with van der Waals surface area (Å²) in [6.07, 6.45) is 1.84. The molecule has 0 bridgehead atoms. The van der Waals surface area contributed by atoms with Gasteiger partial charge in [0.05, 0.1) is 94.9 Å². The second-order valence-corrected chi connectivity index (χ2v) is 40.6. The molecule has 10 nitrogen and oxygen atoms in total. The quantitative estimate of drug-likeness (QED) is 0.146. The van der Waals surface area contributed by atoms with Gasteiger partial charge in [0, 0.05) is 110 Å². The van der Waals surface area contributed by atoms with Crippen molar-refractivity contribution in [1.82, 2.24) is 48.6 Å². The maximum atomic E-state index is 5.61. The summed E-state index contributed by atoms with van der Waals surface area (Å²) >= 11 is 11.2. The summed E-state index contributed by atoms with van der Waals surface area (Å²) in [6.45, 7) is 0. The van der Waals surface area contributed by atoms with E-state index in [1.807, 2.05) is 86.4 Å². The normalized spacial score (nSPS) is 12.1. The van der Waals surface area contributed by atoms with Gasteiger partial charge in [-0.25, -0.2) is 29.9 Å². The summed E-state index contributed by atoms with van der Waals surface area (Å²) in [5.41, 5.74) is 18.1. The fraction of sp³-hybridized carbons (Fsp3) is 0. The van der Waals surface area contributed by atoms with Gasteiger partial charge in [-0.05, 0) is 108 Å². The van der Waals surface area contributed by atoms with Gasteiger partial charge in [0.25, 0.3) is 0 Å². The molecule has 13 heterocycles. The predicted molar refractivity (Wildman–Crippen MR) is 579 cm³/mol. The SMILES string of the molecule is c1ccc(-c2ccc(-c3nc(-n4c5c6ccccc6sc5c5sc6ccccc6c54)nc4c5ccccc5c5ccccc5c34)cc2)cc1.c1ccc(-c2nc(-n3c4c5ccccc5sc4c4sc5ccccc5c43)nc3c4ccccc4c4ccccc4c23)cc1.c1ccc(-c2nc(-n3c4c5ccccc5sc4c4sc5ccccc5c43)nc3c4ccccc4c4ccccc4c23)nc1. The first-order chi connectivity index (χ1) is 67.0. The lowest BCUT2D eigenvalue weighted by atomic mass is 9.94. The summed E-state index contributed by atoms with van der Waals surface area (Å²) in [4.78, 5) is 38.0. The molecule has 628 valence electrons. The topological polar surface area (TPSA) is 105 Å². The molecule has 31 aromatic rings. The second-order valence-electron chi connectivity index (χ2n) is 34.2. The molecular formula is C119H66N10S6. The fourth-order valence-corrected chi connectivity index (χ4v) is 28.6. The molecule has 16 heteroatoms. The minimum Gasteiger partial charge on any atom is -0.275 e. The lowest BCUT2D eigenvalue weighted by Gasteiger charge is -2.16.